The van der Waals surface area contributed by atoms with Crippen LogP contribution in [0.1, 0.15) is 10.5 Å². The van der Waals surface area contributed by atoms with Crippen LogP contribution in [0.15, 0.2) is 34.9 Å². The number of halogens is 1. The van der Waals surface area contributed by atoms with Crippen LogP contribution < -0.4 is 5.32 Å². The van der Waals surface area contributed by atoms with Crippen LogP contribution in [0.2, 0.25) is 0 Å². The Morgan fingerprint density at radius 2 is 2.21 bits per heavy atom. The maximum absolute atomic E-state index is 12.2. The lowest BCUT2D eigenvalue weighted by atomic mass is 10.3. The zero-order chi connectivity index (χ0) is 13.4. The van der Waals surface area contributed by atoms with E-state index >= 15 is 0 Å². The zero-order valence-electron chi connectivity index (χ0n) is 9.92. The lowest BCUT2D eigenvalue weighted by Gasteiger charge is -2.02. The summed E-state index contributed by atoms with van der Waals surface area (Å²) in [6.07, 6.45) is 1.59. The first-order valence-electron chi connectivity index (χ1n) is 5.49. The summed E-state index contributed by atoms with van der Waals surface area (Å²) >= 11 is 4.75. The van der Waals surface area contributed by atoms with Gasteiger partial charge in [-0.15, -0.1) is 0 Å². The fourth-order valence-electron chi connectivity index (χ4n) is 1.75. The van der Waals surface area contributed by atoms with Crippen molar-refractivity contribution in [1.82, 2.24) is 14.8 Å². The molecule has 1 N–H and O–H groups in total. The second-order valence-electron chi connectivity index (χ2n) is 3.91. The number of thiazole rings is 1. The number of benzene rings is 1. The number of aromatic nitrogens is 3. The number of nitrogens with zero attached hydrogens (tertiary/aromatic N) is 3. The third-order valence-corrected chi connectivity index (χ3v) is 4.16. The van der Waals surface area contributed by atoms with Crippen LogP contribution in [0, 0.1) is 0 Å². The molecule has 0 saturated heterocycles. The van der Waals surface area contributed by atoms with Crippen LogP contribution in [0.4, 0.5) is 5.13 Å². The highest BCUT2D eigenvalue weighted by atomic mass is 79.9. The van der Waals surface area contributed by atoms with Crippen LogP contribution in [0.25, 0.3) is 10.2 Å². The number of carbonyl (C=O) groups excluding carboxylic acids is 1. The third kappa shape index (κ3) is 2.26. The van der Waals surface area contributed by atoms with Crippen LogP contribution in [-0.4, -0.2) is 20.7 Å². The number of hydrogen-bond donors (Lipinski definition) is 1. The van der Waals surface area contributed by atoms with Crippen molar-refractivity contribution in [3.63, 3.8) is 0 Å². The minimum absolute atomic E-state index is 0.231. The predicted molar refractivity (Wildman–Crippen MR) is 78.5 cm³/mol. The molecule has 0 aliphatic heterocycles. The van der Waals surface area contributed by atoms with Crippen molar-refractivity contribution in [2.45, 2.75) is 0 Å². The summed E-state index contributed by atoms with van der Waals surface area (Å²) in [5.41, 5.74) is 1.35. The van der Waals surface area contributed by atoms with Crippen LogP contribution >= 0.6 is 27.3 Å². The zero-order valence-corrected chi connectivity index (χ0v) is 12.3. The highest BCUT2D eigenvalue weighted by Gasteiger charge is 2.16. The Morgan fingerprint density at radius 3 is 2.89 bits per heavy atom. The van der Waals surface area contributed by atoms with Crippen LogP contribution in [0.3, 0.4) is 0 Å². The van der Waals surface area contributed by atoms with Gasteiger partial charge in [0, 0.05) is 7.05 Å². The van der Waals surface area contributed by atoms with Crippen molar-refractivity contribution in [2.24, 2.45) is 7.05 Å². The Labute approximate surface area is 121 Å². The second kappa shape index (κ2) is 4.75. The molecule has 0 aliphatic carbocycles. The summed E-state index contributed by atoms with van der Waals surface area (Å²) in [6.45, 7) is 0. The fraction of sp³-hybridized carbons (Fsp3) is 0.0833. The third-order valence-electron chi connectivity index (χ3n) is 2.62. The van der Waals surface area contributed by atoms with Gasteiger partial charge in [-0.3, -0.25) is 14.8 Å². The molecule has 0 aliphatic rings. The molecule has 19 heavy (non-hydrogen) atoms. The maximum atomic E-state index is 12.2. The molecule has 0 radical (unpaired) electrons. The number of para-hydroxylation sites is 1. The fourth-order valence-corrected chi connectivity index (χ4v) is 3.14. The van der Waals surface area contributed by atoms with Gasteiger partial charge in [-0.25, -0.2) is 4.98 Å². The molecule has 1 aromatic carbocycles. The van der Waals surface area contributed by atoms with E-state index < -0.39 is 0 Å². The molecule has 0 unspecified atom stereocenters. The first-order chi connectivity index (χ1) is 9.15. The van der Waals surface area contributed by atoms with Crippen molar-refractivity contribution in [3.8, 4) is 0 Å². The summed E-state index contributed by atoms with van der Waals surface area (Å²) in [5.74, 6) is -0.231. The lowest BCUT2D eigenvalue weighted by Crippen LogP contribution is -2.16. The van der Waals surface area contributed by atoms with Gasteiger partial charge in [-0.05, 0) is 28.1 Å². The van der Waals surface area contributed by atoms with E-state index in [4.69, 9.17) is 0 Å². The van der Waals surface area contributed by atoms with Crippen LogP contribution in [-0.2, 0) is 7.05 Å². The Hall–Kier alpha value is -1.73. The highest BCUT2D eigenvalue weighted by Crippen LogP contribution is 2.26. The predicted octanol–water partition coefficient (Wildman–Crippen LogP) is 3.04. The molecule has 0 fully saturated rings. The van der Waals surface area contributed by atoms with Gasteiger partial charge in [0.15, 0.2) is 5.13 Å². The number of rotatable bonds is 2. The number of hydrogen-bond acceptors (Lipinski definition) is 4. The van der Waals surface area contributed by atoms with E-state index in [0.717, 1.165) is 10.2 Å². The molecule has 0 bridgehead atoms. The van der Waals surface area contributed by atoms with E-state index in [1.54, 1.807) is 13.2 Å². The van der Waals surface area contributed by atoms with Gasteiger partial charge in [-0.1, -0.05) is 23.5 Å². The molecular weight excluding hydrogens is 328 g/mol. The van der Waals surface area contributed by atoms with Gasteiger partial charge in [0.1, 0.15) is 5.69 Å². The normalized spacial score (nSPS) is 10.8. The van der Waals surface area contributed by atoms with Crippen molar-refractivity contribution in [3.05, 3.63) is 40.6 Å². The second-order valence-corrected chi connectivity index (χ2v) is 5.79. The van der Waals surface area contributed by atoms with E-state index in [1.807, 2.05) is 24.3 Å². The molecule has 2 heterocycles. The van der Waals surface area contributed by atoms with Gasteiger partial charge < -0.3 is 0 Å². The Balaban J connectivity index is 1.91. The molecule has 1 amide bonds. The summed E-state index contributed by atoms with van der Waals surface area (Å²) < 4.78 is 3.22. The Morgan fingerprint density at radius 1 is 1.42 bits per heavy atom. The van der Waals surface area contributed by atoms with Crippen molar-refractivity contribution in [2.75, 3.05) is 5.32 Å². The monoisotopic (exact) mass is 336 g/mol. The molecule has 2 aromatic heterocycles. The van der Waals surface area contributed by atoms with Crippen molar-refractivity contribution < 1.29 is 4.79 Å². The van der Waals surface area contributed by atoms with Gasteiger partial charge in [-0.2, -0.15) is 5.10 Å². The molecule has 7 heteroatoms. The van der Waals surface area contributed by atoms with Crippen LogP contribution in [0.5, 0.6) is 0 Å². The first kappa shape index (κ1) is 12.3. The number of amides is 1. The largest absolute Gasteiger partial charge is 0.296 e. The lowest BCUT2D eigenvalue weighted by molar-refractivity contribution is 0.101. The number of fused-ring (bicyclic) bond motifs is 1. The first-order valence-corrected chi connectivity index (χ1v) is 7.10. The standard InChI is InChI=1S/C12H9BrN4OS/c1-17-10(7(13)6-14-17)11(18)16-12-15-8-4-2-3-5-9(8)19-12/h2-6H,1H3,(H,15,16,18). The quantitative estimate of drug-likeness (QED) is 0.782. The number of nitrogens with one attached hydrogen (secondary N) is 1. The van der Waals surface area contributed by atoms with Gasteiger partial charge in [0.05, 0.1) is 20.9 Å². The van der Waals surface area contributed by atoms with Gasteiger partial charge >= 0.3 is 0 Å². The van der Waals surface area contributed by atoms with Crippen molar-refractivity contribution >= 4 is 48.5 Å². The topological polar surface area (TPSA) is 59.8 Å². The highest BCUT2D eigenvalue weighted by molar-refractivity contribution is 9.10. The molecular formula is C12H9BrN4OS. The average Bonchev–Trinajstić information content (AvgIpc) is 2.92. The van der Waals surface area contributed by atoms with E-state index in [2.05, 4.69) is 31.3 Å². The van der Waals surface area contributed by atoms with E-state index in [0.29, 0.717) is 15.3 Å². The molecule has 5 nitrogen and oxygen atoms in total. The SMILES string of the molecule is Cn1ncc(Br)c1C(=O)Nc1nc2ccccc2s1. The number of aryl methyl sites for hydroxylation is 1. The maximum Gasteiger partial charge on any atom is 0.276 e. The molecule has 3 aromatic rings. The van der Waals surface area contributed by atoms with E-state index in [9.17, 15) is 4.79 Å². The smallest absolute Gasteiger partial charge is 0.276 e. The van der Waals surface area contributed by atoms with Crippen molar-refractivity contribution in [1.29, 1.82) is 0 Å². The summed E-state index contributed by atoms with van der Waals surface area (Å²) in [6, 6.07) is 7.76. The minimum Gasteiger partial charge on any atom is -0.296 e. The number of anilines is 1. The summed E-state index contributed by atoms with van der Waals surface area (Å²) in [4.78, 5) is 16.5. The molecule has 3 rings (SSSR count). The Bertz CT molecular complexity index is 712. The average molecular weight is 337 g/mol. The Kier molecular flexibility index (Phi) is 3.08. The number of carbonyl (C=O) groups is 1. The van der Waals surface area contributed by atoms with E-state index in [1.165, 1.54) is 16.0 Å². The minimum atomic E-state index is -0.231. The molecule has 0 spiro atoms. The molecule has 0 saturated carbocycles. The summed E-state index contributed by atoms with van der Waals surface area (Å²) in [5, 5.41) is 7.39. The van der Waals surface area contributed by atoms with E-state index in [-0.39, 0.29) is 5.91 Å². The van der Waals surface area contributed by atoms with Gasteiger partial charge in [0.2, 0.25) is 0 Å². The van der Waals surface area contributed by atoms with Gasteiger partial charge in [0.25, 0.3) is 5.91 Å². The molecule has 96 valence electrons. The molecule has 0 atom stereocenters. The summed E-state index contributed by atoms with van der Waals surface area (Å²) in [7, 11) is 1.72.